The molecule has 3 heterocycles. The normalized spacial score (nSPS) is 16.8. The molecule has 0 amide bonds. The lowest BCUT2D eigenvalue weighted by Gasteiger charge is -2.25. The number of nitrogens with one attached hydrogen (secondary N) is 3. The molecule has 0 bridgehead atoms. The predicted molar refractivity (Wildman–Crippen MR) is 132 cm³/mol. The number of guanidine groups is 1. The molecule has 1 unspecified atom stereocenters. The first-order chi connectivity index (χ1) is 14.8. The van der Waals surface area contributed by atoms with Crippen LogP contribution in [0.2, 0.25) is 0 Å². The molecule has 2 aromatic heterocycles. The molecule has 4 rings (SSSR count). The minimum atomic E-state index is 0. The summed E-state index contributed by atoms with van der Waals surface area (Å²) in [7, 11) is 1.80. The number of hydrogen-bond donors (Lipinski definition) is 3. The first-order valence-electron chi connectivity index (χ1n) is 10.5. The van der Waals surface area contributed by atoms with Gasteiger partial charge in [-0.05, 0) is 37.1 Å². The van der Waals surface area contributed by atoms with Crippen LogP contribution < -0.4 is 10.6 Å². The number of nitrogens with zero attached hydrogens (tertiary/aromatic N) is 4. The maximum absolute atomic E-state index is 5.33. The van der Waals surface area contributed by atoms with E-state index < -0.39 is 0 Å². The molecule has 1 aliphatic heterocycles. The van der Waals surface area contributed by atoms with E-state index in [1.165, 1.54) is 18.4 Å². The fourth-order valence-corrected chi connectivity index (χ4v) is 3.81. The Morgan fingerprint density at radius 3 is 2.87 bits per heavy atom. The SMILES string of the molecule is CN=C(NCCc1nc(-c2ccco2)n[nH]1)NCC1CCCN1Cc1ccccc1.I. The molecular formula is C22H30IN7O. The second-order valence-electron chi connectivity index (χ2n) is 7.47. The maximum atomic E-state index is 5.33. The van der Waals surface area contributed by atoms with Crippen molar-refractivity contribution in [1.82, 2.24) is 30.7 Å². The molecule has 8 nitrogen and oxygen atoms in total. The summed E-state index contributed by atoms with van der Waals surface area (Å²) in [4.78, 5) is 11.4. The molecule has 3 aromatic rings. The molecule has 1 saturated heterocycles. The quantitative estimate of drug-likeness (QED) is 0.233. The van der Waals surface area contributed by atoms with Gasteiger partial charge in [0.15, 0.2) is 11.7 Å². The van der Waals surface area contributed by atoms with Gasteiger partial charge < -0.3 is 15.1 Å². The van der Waals surface area contributed by atoms with E-state index in [0.29, 0.717) is 24.2 Å². The summed E-state index contributed by atoms with van der Waals surface area (Å²) in [5, 5.41) is 14.0. The van der Waals surface area contributed by atoms with Crippen molar-refractivity contribution in [2.24, 2.45) is 4.99 Å². The highest BCUT2D eigenvalue weighted by Crippen LogP contribution is 2.19. The van der Waals surface area contributed by atoms with E-state index in [-0.39, 0.29) is 24.0 Å². The van der Waals surface area contributed by atoms with Crippen LogP contribution in [0.1, 0.15) is 24.2 Å². The van der Waals surface area contributed by atoms with Crippen LogP contribution in [-0.2, 0) is 13.0 Å². The van der Waals surface area contributed by atoms with Crippen molar-refractivity contribution in [2.45, 2.75) is 31.8 Å². The summed E-state index contributed by atoms with van der Waals surface area (Å²) in [6.45, 7) is 3.75. The second-order valence-corrected chi connectivity index (χ2v) is 7.47. The molecule has 0 spiro atoms. The van der Waals surface area contributed by atoms with Gasteiger partial charge in [0, 0.05) is 39.1 Å². The third-order valence-corrected chi connectivity index (χ3v) is 5.38. The van der Waals surface area contributed by atoms with Gasteiger partial charge in [-0.2, -0.15) is 5.10 Å². The van der Waals surface area contributed by atoms with Gasteiger partial charge in [0.1, 0.15) is 5.82 Å². The largest absolute Gasteiger partial charge is 0.461 e. The first kappa shape index (κ1) is 23.3. The molecule has 0 saturated carbocycles. The van der Waals surface area contributed by atoms with Gasteiger partial charge in [-0.1, -0.05) is 30.3 Å². The molecule has 0 aliphatic carbocycles. The number of hydrogen-bond acceptors (Lipinski definition) is 5. The molecule has 1 aliphatic rings. The summed E-state index contributed by atoms with van der Waals surface area (Å²) in [6.07, 6.45) is 4.80. The summed E-state index contributed by atoms with van der Waals surface area (Å²) >= 11 is 0. The van der Waals surface area contributed by atoms with Crippen LogP contribution >= 0.6 is 24.0 Å². The standard InChI is InChI=1S/C22H29N7O.HI/c1-23-22(24-12-11-20-26-21(28-27-20)19-10-6-14-30-19)25-15-18-9-5-13-29(18)16-17-7-3-2-4-8-17;/h2-4,6-8,10,14,18H,5,9,11-13,15-16H2,1H3,(H2,23,24,25)(H,26,27,28);1H. The summed E-state index contributed by atoms with van der Waals surface area (Å²) < 4.78 is 5.33. The number of aliphatic imine (C=N–C) groups is 1. The minimum Gasteiger partial charge on any atom is -0.461 e. The molecule has 1 atom stereocenters. The van der Waals surface area contributed by atoms with Crippen LogP contribution in [0.15, 0.2) is 58.1 Å². The number of rotatable bonds is 8. The highest BCUT2D eigenvalue weighted by molar-refractivity contribution is 14.0. The van der Waals surface area contributed by atoms with E-state index in [0.717, 1.165) is 37.8 Å². The number of furan rings is 1. The molecule has 9 heteroatoms. The number of halogens is 1. The highest BCUT2D eigenvalue weighted by Gasteiger charge is 2.24. The average Bonchev–Trinajstić information content (AvgIpc) is 3.53. The predicted octanol–water partition coefficient (Wildman–Crippen LogP) is 3.05. The van der Waals surface area contributed by atoms with Crippen molar-refractivity contribution in [1.29, 1.82) is 0 Å². The van der Waals surface area contributed by atoms with E-state index in [2.05, 4.69) is 66.0 Å². The van der Waals surface area contributed by atoms with Crippen molar-refractivity contribution < 1.29 is 4.42 Å². The van der Waals surface area contributed by atoms with Crippen molar-refractivity contribution >= 4 is 29.9 Å². The fourth-order valence-electron chi connectivity index (χ4n) is 3.81. The lowest BCUT2D eigenvalue weighted by atomic mass is 10.2. The lowest BCUT2D eigenvalue weighted by molar-refractivity contribution is 0.245. The topological polar surface area (TPSA) is 94.4 Å². The van der Waals surface area contributed by atoms with Gasteiger partial charge >= 0.3 is 0 Å². The smallest absolute Gasteiger partial charge is 0.216 e. The van der Waals surface area contributed by atoms with Crippen LogP contribution in [0.3, 0.4) is 0 Å². The Morgan fingerprint density at radius 1 is 1.23 bits per heavy atom. The summed E-state index contributed by atoms with van der Waals surface area (Å²) in [6, 6.07) is 14.9. The molecule has 1 aromatic carbocycles. The zero-order valence-electron chi connectivity index (χ0n) is 17.8. The molecule has 31 heavy (non-hydrogen) atoms. The Labute approximate surface area is 199 Å². The number of benzene rings is 1. The molecule has 3 N–H and O–H groups in total. The zero-order valence-corrected chi connectivity index (χ0v) is 20.1. The van der Waals surface area contributed by atoms with Gasteiger partial charge in [0.25, 0.3) is 0 Å². The number of likely N-dealkylation sites (tertiary alicyclic amines) is 1. The third-order valence-electron chi connectivity index (χ3n) is 5.38. The zero-order chi connectivity index (χ0) is 20.6. The Balaban J connectivity index is 0.00000272. The lowest BCUT2D eigenvalue weighted by Crippen LogP contribution is -2.45. The van der Waals surface area contributed by atoms with Crippen LogP contribution in [0.25, 0.3) is 11.6 Å². The van der Waals surface area contributed by atoms with Crippen molar-refractivity contribution in [2.75, 3.05) is 26.7 Å². The minimum absolute atomic E-state index is 0. The Morgan fingerprint density at radius 2 is 2.10 bits per heavy atom. The monoisotopic (exact) mass is 535 g/mol. The van der Waals surface area contributed by atoms with E-state index in [4.69, 9.17) is 4.42 Å². The maximum Gasteiger partial charge on any atom is 0.216 e. The fraction of sp³-hybridized carbons (Fsp3) is 0.409. The molecule has 166 valence electrons. The van der Waals surface area contributed by atoms with Gasteiger partial charge in [0.2, 0.25) is 5.82 Å². The van der Waals surface area contributed by atoms with Crippen molar-refractivity contribution in [3.05, 3.63) is 60.1 Å². The van der Waals surface area contributed by atoms with E-state index in [1.807, 2.05) is 12.1 Å². The van der Waals surface area contributed by atoms with Gasteiger partial charge in [-0.15, -0.1) is 24.0 Å². The number of aromatic amines is 1. The number of H-pyrrole nitrogens is 1. The van der Waals surface area contributed by atoms with Gasteiger partial charge in [-0.25, -0.2) is 4.98 Å². The summed E-state index contributed by atoms with van der Waals surface area (Å²) in [5.41, 5.74) is 1.37. The third kappa shape index (κ3) is 6.54. The Hall–Kier alpha value is -2.40. The Kier molecular flexibility index (Phi) is 8.89. The number of aromatic nitrogens is 3. The van der Waals surface area contributed by atoms with Crippen LogP contribution in [0, 0.1) is 0 Å². The Bertz CT molecular complexity index is 927. The van der Waals surface area contributed by atoms with Crippen LogP contribution in [-0.4, -0.2) is 58.8 Å². The first-order valence-corrected chi connectivity index (χ1v) is 10.5. The van der Waals surface area contributed by atoms with Gasteiger partial charge in [-0.3, -0.25) is 15.0 Å². The second kappa shape index (κ2) is 11.8. The average molecular weight is 535 g/mol. The highest BCUT2D eigenvalue weighted by atomic mass is 127. The summed E-state index contributed by atoms with van der Waals surface area (Å²) in [5.74, 6) is 2.87. The van der Waals surface area contributed by atoms with Crippen molar-refractivity contribution in [3.63, 3.8) is 0 Å². The van der Waals surface area contributed by atoms with Gasteiger partial charge in [0.05, 0.1) is 6.26 Å². The van der Waals surface area contributed by atoms with Crippen LogP contribution in [0.4, 0.5) is 0 Å². The van der Waals surface area contributed by atoms with E-state index in [1.54, 1.807) is 13.3 Å². The van der Waals surface area contributed by atoms with Crippen molar-refractivity contribution in [3.8, 4) is 11.6 Å². The van der Waals surface area contributed by atoms with E-state index in [9.17, 15) is 0 Å². The molecular weight excluding hydrogens is 505 g/mol. The van der Waals surface area contributed by atoms with Crippen LogP contribution in [0.5, 0.6) is 0 Å². The molecule has 1 fully saturated rings. The van der Waals surface area contributed by atoms with E-state index >= 15 is 0 Å². The molecule has 0 radical (unpaired) electrons.